The minimum atomic E-state index is -0.784. The van der Waals surface area contributed by atoms with Gasteiger partial charge in [-0.15, -0.1) is 0 Å². The molecule has 0 heterocycles. The molecule has 0 fully saturated rings. The summed E-state index contributed by atoms with van der Waals surface area (Å²) in [7, 11) is 0. The summed E-state index contributed by atoms with van der Waals surface area (Å²) >= 11 is 0. The molecule has 1 aromatic carbocycles. The molecular weight excluding hydrogens is 244 g/mol. The van der Waals surface area contributed by atoms with Gasteiger partial charge in [0.05, 0.1) is 12.0 Å². The van der Waals surface area contributed by atoms with Gasteiger partial charge in [0.25, 0.3) is 0 Å². The summed E-state index contributed by atoms with van der Waals surface area (Å²) in [5.74, 6) is -0.0159. The molecule has 0 bridgehead atoms. The second kappa shape index (κ2) is 7.14. The van der Waals surface area contributed by atoms with E-state index in [0.717, 1.165) is 11.3 Å². The van der Waals surface area contributed by atoms with Crippen LogP contribution in [0.15, 0.2) is 24.3 Å². The van der Waals surface area contributed by atoms with E-state index in [-0.39, 0.29) is 6.61 Å². The molecule has 1 rings (SSSR count). The lowest BCUT2D eigenvalue weighted by atomic mass is 9.88. The zero-order chi connectivity index (χ0) is 14.3. The Labute approximate surface area is 114 Å². The molecule has 0 aliphatic heterocycles. The quantitative estimate of drug-likeness (QED) is 0.709. The molecule has 0 amide bonds. The van der Waals surface area contributed by atoms with Crippen LogP contribution in [0, 0.1) is 5.41 Å². The fourth-order valence-electron chi connectivity index (χ4n) is 1.77. The zero-order valence-electron chi connectivity index (χ0n) is 11.6. The number of hydrogen-bond acceptors (Lipinski definition) is 3. The third-order valence-corrected chi connectivity index (χ3v) is 3.14. The molecule has 4 heteroatoms. The predicted octanol–water partition coefficient (Wildman–Crippen LogP) is 2.49. The van der Waals surface area contributed by atoms with E-state index in [2.05, 4.69) is 0 Å². The molecule has 2 N–H and O–H groups in total. The van der Waals surface area contributed by atoms with Gasteiger partial charge >= 0.3 is 5.97 Å². The molecule has 106 valence electrons. The highest BCUT2D eigenvalue weighted by Crippen LogP contribution is 2.23. The van der Waals surface area contributed by atoms with Crippen LogP contribution in [0.25, 0.3) is 0 Å². The van der Waals surface area contributed by atoms with E-state index >= 15 is 0 Å². The van der Waals surface area contributed by atoms with Gasteiger partial charge in [-0.3, -0.25) is 4.79 Å². The molecule has 0 spiro atoms. The van der Waals surface area contributed by atoms with Crippen LogP contribution in [-0.2, 0) is 11.2 Å². The maximum atomic E-state index is 11.0. The first-order chi connectivity index (χ1) is 8.97. The fraction of sp³-hybridized carbons (Fsp3) is 0.533. The number of rotatable bonds is 8. The van der Waals surface area contributed by atoms with Gasteiger partial charge in [-0.25, -0.2) is 0 Å². The number of carboxylic acid groups (broad SMARTS) is 1. The first kappa shape index (κ1) is 15.5. The van der Waals surface area contributed by atoms with Gasteiger partial charge in [0, 0.05) is 6.61 Å². The number of benzene rings is 1. The highest BCUT2D eigenvalue weighted by atomic mass is 16.5. The van der Waals surface area contributed by atoms with E-state index in [1.807, 2.05) is 24.3 Å². The normalized spacial score (nSPS) is 11.3. The van der Waals surface area contributed by atoms with Crippen LogP contribution in [0.1, 0.15) is 32.3 Å². The van der Waals surface area contributed by atoms with Crippen molar-refractivity contribution in [2.45, 2.75) is 33.1 Å². The molecule has 4 nitrogen and oxygen atoms in total. The van der Waals surface area contributed by atoms with Crippen molar-refractivity contribution in [3.63, 3.8) is 0 Å². The van der Waals surface area contributed by atoms with Gasteiger partial charge in [0.2, 0.25) is 0 Å². The first-order valence-corrected chi connectivity index (χ1v) is 6.52. The summed E-state index contributed by atoms with van der Waals surface area (Å²) in [5, 5.41) is 18.0. The van der Waals surface area contributed by atoms with Crippen molar-refractivity contribution >= 4 is 5.97 Å². The zero-order valence-corrected chi connectivity index (χ0v) is 11.6. The Morgan fingerprint density at radius 2 is 2.00 bits per heavy atom. The monoisotopic (exact) mass is 266 g/mol. The van der Waals surface area contributed by atoms with Gasteiger partial charge in [-0.2, -0.15) is 0 Å². The number of hydrogen-bond donors (Lipinski definition) is 2. The van der Waals surface area contributed by atoms with Crippen LogP contribution >= 0.6 is 0 Å². The minimum Gasteiger partial charge on any atom is -0.493 e. The molecule has 0 radical (unpaired) electrons. The Hall–Kier alpha value is -1.55. The second-order valence-corrected chi connectivity index (χ2v) is 5.22. The number of carbonyl (C=O) groups is 1. The number of aliphatic hydroxyl groups is 1. The average Bonchev–Trinajstić information content (AvgIpc) is 2.36. The van der Waals surface area contributed by atoms with Crippen LogP contribution in [0.4, 0.5) is 0 Å². The second-order valence-electron chi connectivity index (χ2n) is 5.22. The number of aliphatic carboxylic acids is 1. The highest BCUT2D eigenvalue weighted by molar-refractivity contribution is 5.73. The average molecular weight is 266 g/mol. The van der Waals surface area contributed by atoms with E-state index in [4.69, 9.17) is 14.9 Å². The molecule has 19 heavy (non-hydrogen) atoms. The Balaban J connectivity index is 2.43. The summed E-state index contributed by atoms with van der Waals surface area (Å²) in [6.45, 7) is 4.01. The van der Waals surface area contributed by atoms with Crippen molar-refractivity contribution in [3.05, 3.63) is 29.8 Å². The third kappa shape index (κ3) is 4.91. The number of carboxylic acids is 1. The molecule has 0 aliphatic rings. The molecule has 0 aliphatic carbocycles. The Morgan fingerprint density at radius 3 is 2.63 bits per heavy atom. The van der Waals surface area contributed by atoms with Gasteiger partial charge in [-0.1, -0.05) is 18.2 Å². The molecule has 0 saturated carbocycles. The molecular formula is C15H22O4. The Kier molecular flexibility index (Phi) is 5.83. The Morgan fingerprint density at radius 1 is 1.32 bits per heavy atom. The van der Waals surface area contributed by atoms with E-state index < -0.39 is 11.4 Å². The fourth-order valence-corrected chi connectivity index (χ4v) is 1.77. The van der Waals surface area contributed by atoms with Crippen LogP contribution in [0.2, 0.25) is 0 Å². The van der Waals surface area contributed by atoms with E-state index in [9.17, 15) is 4.79 Å². The smallest absolute Gasteiger partial charge is 0.309 e. The third-order valence-electron chi connectivity index (χ3n) is 3.14. The van der Waals surface area contributed by atoms with E-state index in [1.165, 1.54) is 0 Å². The maximum absolute atomic E-state index is 11.0. The van der Waals surface area contributed by atoms with Crippen molar-refractivity contribution in [1.29, 1.82) is 0 Å². The molecule has 0 saturated heterocycles. The number of ether oxygens (including phenoxy) is 1. The summed E-state index contributed by atoms with van der Waals surface area (Å²) in [4.78, 5) is 11.0. The lowest BCUT2D eigenvalue weighted by Crippen LogP contribution is -2.24. The summed E-state index contributed by atoms with van der Waals surface area (Å²) in [6.07, 6.45) is 1.83. The van der Waals surface area contributed by atoms with Crippen LogP contribution < -0.4 is 4.74 Å². The van der Waals surface area contributed by atoms with Crippen LogP contribution in [0.5, 0.6) is 5.75 Å². The van der Waals surface area contributed by atoms with Gasteiger partial charge in [0.1, 0.15) is 5.75 Å². The summed E-state index contributed by atoms with van der Waals surface area (Å²) in [6, 6.07) is 7.59. The van der Waals surface area contributed by atoms with Crippen molar-refractivity contribution < 1.29 is 19.7 Å². The van der Waals surface area contributed by atoms with Crippen molar-refractivity contribution in [2.75, 3.05) is 13.2 Å². The number of para-hydroxylation sites is 1. The lowest BCUT2D eigenvalue weighted by molar-refractivity contribution is -0.147. The van der Waals surface area contributed by atoms with E-state index in [1.54, 1.807) is 13.8 Å². The minimum absolute atomic E-state index is 0.0897. The van der Waals surface area contributed by atoms with Crippen molar-refractivity contribution in [1.82, 2.24) is 0 Å². The van der Waals surface area contributed by atoms with Gasteiger partial charge < -0.3 is 14.9 Å². The van der Waals surface area contributed by atoms with Crippen LogP contribution in [0.3, 0.4) is 0 Å². The topological polar surface area (TPSA) is 66.8 Å². The number of aliphatic hydroxyl groups excluding tert-OH is 1. The SMILES string of the molecule is CC(C)(CCCOc1ccccc1CCO)C(=O)O. The largest absolute Gasteiger partial charge is 0.493 e. The summed E-state index contributed by atoms with van der Waals surface area (Å²) < 4.78 is 5.66. The highest BCUT2D eigenvalue weighted by Gasteiger charge is 2.26. The molecule has 0 unspecified atom stereocenters. The molecule has 0 atom stereocenters. The maximum Gasteiger partial charge on any atom is 0.309 e. The lowest BCUT2D eigenvalue weighted by Gasteiger charge is -2.19. The first-order valence-electron chi connectivity index (χ1n) is 6.52. The van der Waals surface area contributed by atoms with Crippen molar-refractivity contribution in [2.24, 2.45) is 5.41 Å². The summed E-state index contributed by atoms with van der Waals surface area (Å²) in [5.41, 5.74) is 0.260. The van der Waals surface area contributed by atoms with Gasteiger partial charge in [0.15, 0.2) is 0 Å². The standard InChI is InChI=1S/C15H22O4/c1-15(2,14(17)18)9-5-11-19-13-7-4-3-6-12(13)8-10-16/h3-4,6-7,16H,5,8-11H2,1-2H3,(H,17,18). The Bertz CT molecular complexity index is 412. The molecule has 1 aromatic rings. The van der Waals surface area contributed by atoms with Gasteiger partial charge in [-0.05, 0) is 44.7 Å². The van der Waals surface area contributed by atoms with Crippen LogP contribution in [-0.4, -0.2) is 29.4 Å². The van der Waals surface area contributed by atoms with E-state index in [0.29, 0.717) is 25.9 Å². The predicted molar refractivity (Wildman–Crippen MR) is 73.4 cm³/mol. The van der Waals surface area contributed by atoms with Crippen molar-refractivity contribution in [3.8, 4) is 5.75 Å². The molecule has 0 aromatic heterocycles.